The van der Waals surface area contributed by atoms with E-state index in [9.17, 15) is 18.0 Å². The van der Waals surface area contributed by atoms with Crippen molar-refractivity contribution in [3.8, 4) is 5.75 Å². The largest absolute Gasteiger partial charge is 0.484 e. The molecular formula is C15H21F3N2O2. The molecule has 124 valence electrons. The van der Waals surface area contributed by atoms with Gasteiger partial charge in [-0.2, -0.15) is 13.2 Å². The molecule has 22 heavy (non-hydrogen) atoms. The van der Waals surface area contributed by atoms with Crippen LogP contribution in [0, 0.1) is 5.92 Å². The van der Waals surface area contributed by atoms with Gasteiger partial charge in [0.2, 0.25) is 5.91 Å². The molecule has 0 aromatic heterocycles. The summed E-state index contributed by atoms with van der Waals surface area (Å²) in [5.41, 5.74) is 6.55. The molecule has 0 aliphatic heterocycles. The molecule has 0 saturated carbocycles. The first-order chi connectivity index (χ1) is 10.2. The van der Waals surface area contributed by atoms with Gasteiger partial charge < -0.3 is 15.8 Å². The number of halogens is 3. The smallest absolute Gasteiger partial charge is 0.422 e. The maximum atomic E-state index is 12.0. The van der Waals surface area contributed by atoms with E-state index in [1.54, 1.807) is 12.1 Å². The number of carbonyl (C=O) groups excluding carboxylic acids is 1. The molecule has 4 nitrogen and oxygen atoms in total. The van der Waals surface area contributed by atoms with Crippen LogP contribution in [-0.4, -0.2) is 24.7 Å². The second-order valence-corrected chi connectivity index (χ2v) is 5.18. The van der Waals surface area contributed by atoms with Crippen molar-refractivity contribution in [3.63, 3.8) is 0 Å². The summed E-state index contributed by atoms with van der Waals surface area (Å²) in [7, 11) is 0. The number of hydrogen-bond acceptors (Lipinski definition) is 3. The zero-order valence-corrected chi connectivity index (χ0v) is 12.6. The van der Waals surface area contributed by atoms with E-state index in [0.717, 1.165) is 12.0 Å². The molecule has 0 radical (unpaired) electrons. The summed E-state index contributed by atoms with van der Waals surface area (Å²) < 4.78 is 40.7. The summed E-state index contributed by atoms with van der Waals surface area (Å²) in [5, 5.41) is 2.70. The lowest BCUT2D eigenvalue weighted by Gasteiger charge is -2.17. The van der Waals surface area contributed by atoms with Crippen LogP contribution in [0.5, 0.6) is 5.75 Å². The highest BCUT2D eigenvalue weighted by molar-refractivity contribution is 5.81. The molecule has 7 heteroatoms. The van der Waals surface area contributed by atoms with Crippen molar-refractivity contribution in [2.45, 2.75) is 39.0 Å². The summed E-state index contributed by atoms with van der Waals surface area (Å²) in [6, 6.07) is 5.49. The highest BCUT2D eigenvalue weighted by Gasteiger charge is 2.28. The van der Waals surface area contributed by atoms with Crippen LogP contribution in [0.3, 0.4) is 0 Å². The number of amides is 1. The third-order valence-electron chi connectivity index (χ3n) is 3.35. The highest BCUT2D eigenvalue weighted by Crippen LogP contribution is 2.18. The fourth-order valence-corrected chi connectivity index (χ4v) is 1.69. The number of benzene rings is 1. The maximum Gasteiger partial charge on any atom is 0.422 e. The minimum atomic E-state index is -4.36. The van der Waals surface area contributed by atoms with Crippen molar-refractivity contribution in [3.05, 3.63) is 29.8 Å². The van der Waals surface area contributed by atoms with E-state index in [4.69, 9.17) is 5.73 Å². The van der Waals surface area contributed by atoms with E-state index in [-0.39, 0.29) is 24.1 Å². The first-order valence-corrected chi connectivity index (χ1v) is 7.04. The molecule has 0 fully saturated rings. The zero-order valence-electron chi connectivity index (χ0n) is 12.6. The molecule has 1 aromatic carbocycles. The molecule has 0 bridgehead atoms. The molecule has 2 unspecified atom stereocenters. The predicted molar refractivity (Wildman–Crippen MR) is 77.3 cm³/mol. The van der Waals surface area contributed by atoms with Crippen LogP contribution < -0.4 is 15.8 Å². The number of nitrogens with two attached hydrogens (primary N) is 1. The van der Waals surface area contributed by atoms with Crippen molar-refractivity contribution < 1.29 is 22.7 Å². The Morgan fingerprint density at radius 3 is 2.41 bits per heavy atom. The number of nitrogens with one attached hydrogen (secondary N) is 1. The zero-order chi connectivity index (χ0) is 16.8. The average molecular weight is 318 g/mol. The number of ether oxygens (including phenoxy) is 1. The van der Waals surface area contributed by atoms with Gasteiger partial charge in [0.05, 0.1) is 6.04 Å². The second kappa shape index (κ2) is 8.03. The van der Waals surface area contributed by atoms with Crippen LogP contribution in [0.1, 0.15) is 25.8 Å². The fourth-order valence-electron chi connectivity index (χ4n) is 1.69. The van der Waals surface area contributed by atoms with Crippen LogP contribution in [-0.2, 0) is 11.3 Å². The van der Waals surface area contributed by atoms with Gasteiger partial charge in [0.25, 0.3) is 0 Å². The SMILES string of the molecule is CCC(C)C(N)C(=O)NCc1ccc(OCC(F)(F)F)cc1. The van der Waals surface area contributed by atoms with E-state index in [2.05, 4.69) is 10.1 Å². The molecule has 0 heterocycles. The quantitative estimate of drug-likeness (QED) is 0.812. The van der Waals surface area contributed by atoms with Crippen molar-refractivity contribution in [2.24, 2.45) is 11.7 Å². The maximum absolute atomic E-state index is 12.0. The molecule has 0 aliphatic rings. The van der Waals surface area contributed by atoms with Crippen molar-refractivity contribution in [1.29, 1.82) is 0 Å². The van der Waals surface area contributed by atoms with Crippen LogP contribution in [0.15, 0.2) is 24.3 Å². The molecule has 1 rings (SSSR count). The van der Waals surface area contributed by atoms with Gasteiger partial charge in [-0.1, -0.05) is 32.4 Å². The molecule has 3 N–H and O–H groups in total. The van der Waals surface area contributed by atoms with E-state index < -0.39 is 18.8 Å². The van der Waals surface area contributed by atoms with Crippen molar-refractivity contribution in [1.82, 2.24) is 5.32 Å². The number of hydrogen-bond donors (Lipinski definition) is 2. The minimum Gasteiger partial charge on any atom is -0.484 e. The highest BCUT2D eigenvalue weighted by atomic mass is 19.4. The Morgan fingerprint density at radius 1 is 1.32 bits per heavy atom. The first kappa shape index (κ1) is 18.3. The van der Waals surface area contributed by atoms with Gasteiger partial charge in [-0.3, -0.25) is 4.79 Å². The molecule has 1 aromatic rings. The molecular weight excluding hydrogens is 297 g/mol. The van der Waals surface area contributed by atoms with Gasteiger partial charge in [0.1, 0.15) is 5.75 Å². The van der Waals surface area contributed by atoms with Gasteiger partial charge in [0, 0.05) is 6.54 Å². The summed E-state index contributed by atoms with van der Waals surface area (Å²) in [4.78, 5) is 11.8. The Balaban J connectivity index is 2.46. The third-order valence-corrected chi connectivity index (χ3v) is 3.35. The molecule has 2 atom stereocenters. The lowest BCUT2D eigenvalue weighted by molar-refractivity contribution is -0.153. The molecule has 0 spiro atoms. The second-order valence-electron chi connectivity index (χ2n) is 5.18. The summed E-state index contributed by atoms with van der Waals surface area (Å²) in [6.07, 6.45) is -3.56. The Bertz CT molecular complexity index is 475. The van der Waals surface area contributed by atoms with Gasteiger partial charge >= 0.3 is 6.18 Å². The summed E-state index contributed by atoms with van der Waals surface area (Å²) in [6.45, 7) is 2.80. The Kier molecular flexibility index (Phi) is 6.67. The van der Waals surface area contributed by atoms with Gasteiger partial charge in [-0.25, -0.2) is 0 Å². The van der Waals surface area contributed by atoms with Gasteiger partial charge in [-0.05, 0) is 23.6 Å². The number of carbonyl (C=O) groups is 1. The third kappa shape index (κ3) is 6.34. The van der Waals surface area contributed by atoms with Crippen LogP contribution >= 0.6 is 0 Å². The average Bonchev–Trinajstić information content (AvgIpc) is 2.49. The van der Waals surface area contributed by atoms with Crippen LogP contribution in [0.25, 0.3) is 0 Å². The van der Waals surface area contributed by atoms with Crippen LogP contribution in [0.2, 0.25) is 0 Å². The monoisotopic (exact) mass is 318 g/mol. The lowest BCUT2D eigenvalue weighted by atomic mass is 9.99. The molecule has 0 aliphatic carbocycles. The lowest BCUT2D eigenvalue weighted by Crippen LogP contribution is -2.44. The van der Waals surface area contributed by atoms with E-state index in [1.807, 2.05) is 13.8 Å². The Hall–Kier alpha value is -1.76. The topological polar surface area (TPSA) is 64.4 Å². The number of rotatable bonds is 7. The van der Waals surface area contributed by atoms with Gasteiger partial charge in [-0.15, -0.1) is 0 Å². The van der Waals surface area contributed by atoms with E-state index >= 15 is 0 Å². The normalized spacial score (nSPS) is 14.3. The Labute approximate surface area is 127 Å². The minimum absolute atomic E-state index is 0.0816. The van der Waals surface area contributed by atoms with Gasteiger partial charge in [0.15, 0.2) is 6.61 Å². The van der Waals surface area contributed by atoms with E-state index in [1.165, 1.54) is 12.1 Å². The fraction of sp³-hybridized carbons (Fsp3) is 0.533. The Morgan fingerprint density at radius 2 is 1.91 bits per heavy atom. The van der Waals surface area contributed by atoms with Crippen molar-refractivity contribution >= 4 is 5.91 Å². The predicted octanol–water partition coefficient (Wildman–Crippen LogP) is 2.62. The first-order valence-electron chi connectivity index (χ1n) is 7.04. The molecule has 1 amide bonds. The standard InChI is InChI=1S/C15H21F3N2O2/c1-3-10(2)13(19)14(21)20-8-11-4-6-12(7-5-11)22-9-15(16,17)18/h4-7,10,13H,3,8-9,19H2,1-2H3,(H,20,21). The van der Waals surface area contributed by atoms with E-state index in [0.29, 0.717) is 0 Å². The number of alkyl halides is 3. The summed E-state index contributed by atoms with van der Waals surface area (Å²) in [5.74, 6) is -0.0337. The van der Waals surface area contributed by atoms with Crippen LogP contribution in [0.4, 0.5) is 13.2 Å². The van der Waals surface area contributed by atoms with Crippen molar-refractivity contribution in [2.75, 3.05) is 6.61 Å². The molecule has 0 saturated heterocycles. The summed E-state index contributed by atoms with van der Waals surface area (Å²) >= 11 is 0.